The van der Waals surface area contributed by atoms with Gasteiger partial charge in [0.15, 0.2) is 5.65 Å². The first-order chi connectivity index (χ1) is 8.78. The summed E-state index contributed by atoms with van der Waals surface area (Å²) >= 11 is 2.28. The highest BCUT2D eigenvalue weighted by atomic mass is 127. The van der Waals surface area contributed by atoms with E-state index in [-0.39, 0.29) is 0 Å². The van der Waals surface area contributed by atoms with Crippen LogP contribution < -0.4 is 0 Å². The summed E-state index contributed by atoms with van der Waals surface area (Å²) in [6.45, 7) is 0. The van der Waals surface area contributed by atoms with E-state index in [2.05, 4.69) is 33.6 Å². The fourth-order valence-corrected chi connectivity index (χ4v) is 2.44. The van der Waals surface area contributed by atoms with Crippen LogP contribution in [0.25, 0.3) is 16.9 Å². The number of imidazole rings is 1. The number of hydrogen-bond acceptors (Lipinski definition) is 2. The fourth-order valence-electron chi connectivity index (χ4n) is 1.83. The third kappa shape index (κ3) is 1.87. The molecule has 1 aromatic carbocycles. The minimum absolute atomic E-state index is 0.664. The molecule has 18 heavy (non-hydrogen) atoms. The molecule has 0 saturated carbocycles. The molecule has 86 valence electrons. The number of nitrogens with zero attached hydrogens (tertiary/aromatic N) is 3. The van der Waals surface area contributed by atoms with E-state index in [9.17, 15) is 0 Å². The van der Waals surface area contributed by atoms with Crippen molar-refractivity contribution in [2.75, 3.05) is 0 Å². The van der Waals surface area contributed by atoms with Gasteiger partial charge in [-0.05, 0) is 46.9 Å². The molecule has 0 saturated heterocycles. The van der Waals surface area contributed by atoms with Gasteiger partial charge < -0.3 is 4.40 Å². The van der Waals surface area contributed by atoms with Crippen molar-refractivity contribution in [1.82, 2.24) is 9.38 Å². The zero-order valence-electron chi connectivity index (χ0n) is 9.34. The van der Waals surface area contributed by atoms with Gasteiger partial charge in [-0.1, -0.05) is 12.1 Å². The van der Waals surface area contributed by atoms with Crippen LogP contribution in [0.5, 0.6) is 0 Å². The second-order valence-electron chi connectivity index (χ2n) is 3.90. The summed E-state index contributed by atoms with van der Waals surface area (Å²) in [5.41, 5.74) is 3.56. The van der Waals surface area contributed by atoms with Crippen LogP contribution in [0, 0.1) is 14.9 Å². The Bertz CT molecular complexity index is 751. The van der Waals surface area contributed by atoms with Gasteiger partial charge in [-0.25, -0.2) is 4.98 Å². The second-order valence-corrected chi connectivity index (χ2v) is 5.06. The molecule has 0 bridgehead atoms. The van der Waals surface area contributed by atoms with Crippen LogP contribution in [0.3, 0.4) is 0 Å². The van der Waals surface area contributed by atoms with Crippen LogP contribution in [-0.4, -0.2) is 9.38 Å². The van der Waals surface area contributed by atoms with Gasteiger partial charge >= 0.3 is 0 Å². The first-order valence-corrected chi connectivity index (χ1v) is 6.49. The maximum atomic E-state index is 8.78. The second kappa shape index (κ2) is 4.42. The van der Waals surface area contributed by atoms with Gasteiger partial charge in [-0.2, -0.15) is 5.26 Å². The van der Waals surface area contributed by atoms with Crippen molar-refractivity contribution in [2.45, 2.75) is 0 Å². The van der Waals surface area contributed by atoms with E-state index in [0.29, 0.717) is 5.56 Å². The molecule has 2 heterocycles. The minimum atomic E-state index is 0.664. The van der Waals surface area contributed by atoms with Gasteiger partial charge in [0.2, 0.25) is 0 Å². The largest absolute Gasteiger partial charge is 0.306 e. The summed E-state index contributed by atoms with van der Waals surface area (Å²) < 4.78 is 3.13. The molecule has 0 spiro atoms. The molecule has 2 aromatic heterocycles. The summed E-state index contributed by atoms with van der Waals surface area (Å²) in [5.74, 6) is 0. The monoisotopic (exact) mass is 345 g/mol. The normalized spacial score (nSPS) is 10.4. The first-order valence-electron chi connectivity index (χ1n) is 5.42. The van der Waals surface area contributed by atoms with Gasteiger partial charge in [0.1, 0.15) is 0 Å². The fraction of sp³-hybridized carbons (Fsp3) is 0. The van der Waals surface area contributed by atoms with Crippen LogP contribution in [0.1, 0.15) is 5.56 Å². The third-order valence-electron chi connectivity index (χ3n) is 2.74. The Morgan fingerprint density at radius 1 is 1.17 bits per heavy atom. The van der Waals surface area contributed by atoms with E-state index >= 15 is 0 Å². The van der Waals surface area contributed by atoms with Gasteiger partial charge in [-0.15, -0.1) is 0 Å². The molecule has 3 nitrogen and oxygen atoms in total. The maximum absolute atomic E-state index is 8.78. The van der Waals surface area contributed by atoms with Crippen LogP contribution in [0.2, 0.25) is 0 Å². The number of benzene rings is 1. The molecular formula is C14H8IN3. The summed E-state index contributed by atoms with van der Waals surface area (Å²) in [4.78, 5) is 4.61. The zero-order chi connectivity index (χ0) is 12.5. The van der Waals surface area contributed by atoms with E-state index in [1.54, 1.807) is 0 Å². The van der Waals surface area contributed by atoms with Gasteiger partial charge in [0, 0.05) is 18.0 Å². The van der Waals surface area contributed by atoms with Gasteiger partial charge in [0.05, 0.1) is 20.9 Å². The molecule has 3 rings (SSSR count). The van der Waals surface area contributed by atoms with E-state index < -0.39 is 0 Å². The molecule has 0 aliphatic rings. The van der Waals surface area contributed by atoms with E-state index in [0.717, 1.165) is 20.5 Å². The molecule has 4 heteroatoms. The first kappa shape index (κ1) is 11.2. The third-order valence-corrected chi connectivity index (χ3v) is 3.59. The molecule has 0 N–H and O–H groups in total. The summed E-state index contributed by atoms with van der Waals surface area (Å²) in [6.07, 6.45) is 3.98. The molecule has 0 amide bonds. The quantitative estimate of drug-likeness (QED) is 0.634. The lowest BCUT2D eigenvalue weighted by molar-refractivity contribution is 1.18. The molecule has 0 fully saturated rings. The van der Waals surface area contributed by atoms with Crippen molar-refractivity contribution >= 4 is 28.2 Å². The van der Waals surface area contributed by atoms with E-state index in [1.807, 2.05) is 53.2 Å². The van der Waals surface area contributed by atoms with Crippen LogP contribution in [-0.2, 0) is 0 Å². The van der Waals surface area contributed by atoms with Crippen LogP contribution >= 0.6 is 22.6 Å². The Balaban J connectivity index is 2.14. The highest BCUT2D eigenvalue weighted by molar-refractivity contribution is 14.1. The minimum Gasteiger partial charge on any atom is -0.306 e. The zero-order valence-corrected chi connectivity index (χ0v) is 11.5. The summed E-state index contributed by atoms with van der Waals surface area (Å²) in [6, 6.07) is 13.6. The summed E-state index contributed by atoms with van der Waals surface area (Å²) in [7, 11) is 0. The Morgan fingerprint density at radius 2 is 1.94 bits per heavy atom. The number of nitriles is 1. The lowest BCUT2D eigenvalue weighted by atomic mass is 10.1. The van der Waals surface area contributed by atoms with Crippen molar-refractivity contribution in [3.8, 4) is 17.3 Å². The van der Waals surface area contributed by atoms with Crippen molar-refractivity contribution in [3.63, 3.8) is 0 Å². The SMILES string of the molecule is N#Cc1ccc(-c2cn3cccc(I)c3n2)cc1. The average molecular weight is 345 g/mol. The number of hydrogen-bond donors (Lipinski definition) is 0. The smallest absolute Gasteiger partial charge is 0.150 e. The molecule has 3 aromatic rings. The highest BCUT2D eigenvalue weighted by Crippen LogP contribution is 2.21. The lowest BCUT2D eigenvalue weighted by Crippen LogP contribution is -1.83. The molecular weight excluding hydrogens is 337 g/mol. The number of halogens is 1. The Morgan fingerprint density at radius 3 is 2.61 bits per heavy atom. The van der Waals surface area contributed by atoms with Crippen molar-refractivity contribution in [2.24, 2.45) is 0 Å². The Labute approximate surface area is 118 Å². The molecule has 0 atom stereocenters. The van der Waals surface area contributed by atoms with E-state index in [4.69, 9.17) is 5.26 Å². The molecule has 0 unspecified atom stereocenters. The molecule has 0 aliphatic heterocycles. The number of fused-ring (bicyclic) bond motifs is 1. The Hall–Kier alpha value is -1.87. The van der Waals surface area contributed by atoms with Crippen molar-refractivity contribution in [3.05, 3.63) is 57.9 Å². The van der Waals surface area contributed by atoms with Crippen molar-refractivity contribution < 1.29 is 0 Å². The van der Waals surface area contributed by atoms with Crippen LogP contribution in [0.15, 0.2) is 48.8 Å². The molecule has 0 radical (unpaired) electrons. The number of pyridine rings is 1. The average Bonchev–Trinajstić information content (AvgIpc) is 2.84. The predicted octanol–water partition coefficient (Wildman–Crippen LogP) is 3.48. The maximum Gasteiger partial charge on any atom is 0.150 e. The summed E-state index contributed by atoms with van der Waals surface area (Å²) in [5, 5.41) is 8.78. The topological polar surface area (TPSA) is 41.1 Å². The number of aromatic nitrogens is 2. The standard InChI is InChI=1S/C14H8IN3/c15-12-2-1-7-18-9-13(17-14(12)18)11-5-3-10(8-16)4-6-11/h1-7,9H. The van der Waals surface area contributed by atoms with E-state index in [1.165, 1.54) is 0 Å². The highest BCUT2D eigenvalue weighted by Gasteiger charge is 2.06. The van der Waals surface area contributed by atoms with Crippen molar-refractivity contribution in [1.29, 1.82) is 5.26 Å². The lowest BCUT2D eigenvalue weighted by Gasteiger charge is -1.94. The molecule has 0 aliphatic carbocycles. The number of rotatable bonds is 1. The van der Waals surface area contributed by atoms with Gasteiger partial charge in [-0.3, -0.25) is 0 Å². The Kier molecular flexibility index (Phi) is 2.76. The van der Waals surface area contributed by atoms with Crippen LogP contribution in [0.4, 0.5) is 0 Å². The predicted molar refractivity (Wildman–Crippen MR) is 78.1 cm³/mol. The van der Waals surface area contributed by atoms with Gasteiger partial charge in [0.25, 0.3) is 0 Å².